The van der Waals surface area contributed by atoms with Gasteiger partial charge in [0.1, 0.15) is 17.1 Å². The number of aromatic carboxylic acids is 1. The lowest BCUT2D eigenvalue weighted by Crippen LogP contribution is -2.13. The van der Waals surface area contributed by atoms with Gasteiger partial charge in [-0.3, -0.25) is 0 Å². The van der Waals surface area contributed by atoms with E-state index in [0.29, 0.717) is 5.56 Å². The van der Waals surface area contributed by atoms with Crippen LogP contribution in [0.4, 0.5) is 4.39 Å². The Morgan fingerprint density at radius 2 is 1.86 bits per heavy atom. The molecular formula is C15H10ClFO4. The highest BCUT2D eigenvalue weighted by atomic mass is 35.5. The van der Waals surface area contributed by atoms with Crippen molar-refractivity contribution in [2.24, 2.45) is 0 Å². The minimum Gasteiger partial charge on any atom is -0.478 e. The molecule has 108 valence electrons. The maximum Gasteiger partial charge on any atom is 0.346 e. The Kier molecular flexibility index (Phi) is 4.23. The number of carbonyl (C=O) groups is 2. The molecular weight excluding hydrogens is 299 g/mol. The van der Waals surface area contributed by atoms with Gasteiger partial charge in [0.2, 0.25) is 0 Å². The van der Waals surface area contributed by atoms with Gasteiger partial charge in [-0.15, -0.1) is 0 Å². The van der Waals surface area contributed by atoms with Crippen LogP contribution in [0, 0.1) is 12.7 Å². The number of hydrogen-bond donors (Lipinski definition) is 1. The van der Waals surface area contributed by atoms with Crippen molar-refractivity contribution in [3.05, 3.63) is 63.9 Å². The molecule has 1 N–H and O–H groups in total. The summed E-state index contributed by atoms with van der Waals surface area (Å²) in [5, 5.41) is 9.23. The van der Waals surface area contributed by atoms with Gasteiger partial charge in [-0.2, -0.15) is 0 Å². The molecule has 0 aliphatic heterocycles. The monoisotopic (exact) mass is 308 g/mol. The predicted octanol–water partition coefficient (Wildman–Crippen LogP) is 3.70. The van der Waals surface area contributed by atoms with E-state index in [4.69, 9.17) is 21.4 Å². The first-order chi connectivity index (χ1) is 9.88. The summed E-state index contributed by atoms with van der Waals surface area (Å²) in [6.45, 7) is 1.69. The van der Waals surface area contributed by atoms with Crippen LogP contribution in [-0.2, 0) is 0 Å². The number of esters is 1. The summed E-state index contributed by atoms with van der Waals surface area (Å²) in [5.74, 6) is -3.24. The third kappa shape index (κ3) is 3.38. The molecule has 4 nitrogen and oxygen atoms in total. The van der Waals surface area contributed by atoms with Gasteiger partial charge in [-0.05, 0) is 31.2 Å². The quantitative estimate of drug-likeness (QED) is 0.693. The molecule has 0 aromatic heterocycles. The zero-order valence-electron chi connectivity index (χ0n) is 10.9. The maximum absolute atomic E-state index is 13.6. The van der Waals surface area contributed by atoms with Crippen LogP contribution < -0.4 is 4.74 Å². The third-order valence-corrected chi connectivity index (χ3v) is 2.95. The summed E-state index contributed by atoms with van der Waals surface area (Å²) >= 11 is 5.75. The van der Waals surface area contributed by atoms with E-state index in [2.05, 4.69) is 0 Å². The maximum atomic E-state index is 13.6. The first kappa shape index (κ1) is 15.0. The third-order valence-electron chi connectivity index (χ3n) is 2.72. The normalized spacial score (nSPS) is 10.2. The molecule has 0 aliphatic rings. The van der Waals surface area contributed by atoms with E-state index in [1.807, 2.05) is 0 Å². The minimum absolute atomic E-state index is 0.201. The number of carboxylic acids is 1. The van der Waals surface area contributed by atoms with Crippen molar-refractivity contribution in [2.45, 2.75) is 6.92 Å². The second kappa shape index (κ2) is 5.93. The fourth-order valence-corrected chi connectivity index (χ4v) is 1.87. The minimum atomic E-state index is -1.28. The SMILES string of the molecule is Cc1ccc(F)c(C(=O)Oc2cc(Cl)ccc2C(=O)O)c1. The van der Waals surface area contributed by atoms with E-state index in [9.17, 15) is 14.0 Å². The lowest BCUT2D eigenvalue weighted by Gasteiger charge is -2.09. The van der Waals surface area contributed by atoms with Crippen molar-refractivity contribution in [2.75, 3.05) is 0 Å². The summed E-state index contributed by atoms with van der Waals surface area (Å²) in [6.07, 6.45) is 0. The summed E-state index contributed by atoms with van der Waals surface area (Å²) in [6, 6.07) is 7.73. The topological polar surface area (TPSA) is 63.6 Å². The van der Waals surface area contributed by atoms with Crippen LogP contribution >= 0.6 is 11.6 Å². The Labute approximate surface area is 124 Å². The van der Waals surface area contributed by atoms with Crippen molar-refractivity contribution in [1.82, 2.24) is 0 Å². The second-order valence-electron chi connectivity index (χ2n) is 4.32. The molecule has 0 bridgehead atoms. The second-order valence-corrected chi connectivity index (χ2v) is 4.75. The molecule has 6 heteroatoms. The van der Waals surface area contributed by atoms with Crippen LogP contribution in [0.2, 0.25) is 5.02 Å². The van der Waals surface area contributed by atoms with Crippen LogP contribution in [0.25, 0.3) is 0 Å². The molecule has 0 atom stereocenters. The lowest BCUT2D eigenvalue weighted by atomic mass is 10.1. The van der Waals surface area contributed by atoms with Crippen molar-refractivity contribution in [1.29, 1.82) is 0 Å². The van der Waals surface area contributed by atoms with Crippen LogP contribution in [0.15, 0.2) is 36.4 Å². The average molecular weight is 309 g/mol. The van der Waals surface area contributed by atoms with Crippen molar-refractivity contribution < 1.29 is 23.8 Å². The first-order valence-corrected chi connectivity index (χ1v) is 6.27. The van der Waals surface area contributed by atoms with Gasteiger partial charge in [0, 0.05) is 11.1 Å². The highest BCUT2D eigenvalue weighted by molar-refractivity contribution is 6.30. The Morgan fingerprint density at radius 3 is 2.52 bits per heavy atom. The van der Waals surface area contributed by atoms with Crippen molar-refractivity contribution >= 4 is 23.5 Å². The fraction of sp³-hybridized carbons (Fsp3) is 0.0667. The Balaban J connectivity index is 2.38. The molecule has 0 saturated carbocycles. The summed E-state index contributed by atoms with van der Waals surface area (Å²) in [7, 11) is 0. The smallest absolute Gasteiger partial charge is 0.346 e. The number of hydrogen-bond acceptors (Lipinski definition) is 3. The molecule has 0 amide bonds. The van der Waals surface area contributed by atoms with Crippen molar-refractivity contribution in [3.8, 4) is 5.75 Å². The van der Waals surface area contributed by atoms with Crippen LogP contribution in [0.5, 0.6) is 5.75 Å². The molecule has 0 fully saturated rings. The number of aryl methyl sites for hydroxylation is 1. The van der Waals surface area contributed by atoms with Crippen LogP contribution in [0.3, 0.4) is 0 Å². The van der Waals surface area contributed by atoms with E-state index in [1.165, 1.54) is 30.3 Å². The van der Waals surface area contributed by atoms with E-state index in [1.54, 1.807) is 6.92 Å². The number of rotatable bonds is 3. The molecule has 0 saturated heterocycles. The fourth-order valence-electron chi connectivity index (χ4n) is 1.71. The number of carboxylic acid groups (broad SMARTS) is 1. The Morgan fingerprint density at radius 1 is 1.14 bits per heavy atom. The lowest BCUT2D eigenvalue weighted by molar-refractivity contribution is 0.0680. The Hall–Kier alpha value is -2.40. The predicted molar refractivity (Wildman–Crippen MR) is 74.5 cm³/mol. The van der Waals surface area contributed by atoms with Gasteiger partial charge in [0.05, 0.1) is 5.56 Å². The van der Waals surface area contributed by atoms with E-state index < -0.39 is 17.8 Å². The molecule has 0 spiro atoms. The van der Waals surface area contributed by atoms with Gasteiger partial charge in [-0.1, -0.05) is 23.2 Å². The molecule has 0 unspecified atom stereocenters. The Bertz CT molecular complexity index is 728. The van der Waals surface area contributed by atoms with Crippen molar-refractivity contribution in [3.63, 3.8) is 0 Å². The molecule has 0 aliphatic carbocycles. The van der Waals surface area contributed by atoms with Crippen LogP contribution in [0.1, 0.15) is 26.3 Å². The van der Waals surface area contributed by atoms with Crippen LogP contribution in [-0.4, -0.2) is 17.0 Å². The molecule has 2 aromatic carbocycles. The molecule has 21 heavy (non-hydrogen) atoms. The molecule has 0 heterocycles. The van der Waals surface area contributed by atoms with Gasteiger partial charge < -0.3 is 9.84 Å². The number of halogens is 2. The van der Waals surface area contributed by atoms with E-state index >= 15 is 0 Å². The highest BCUT2D eigenvalue weighted by Crippen LogP contribution is 2.25. The van der Waals surface area contributed by atoms with Gasteiger partial charge in [0.15, 0.2) is 0 Å². The number of benzene rings is 2. The number of ether oxygens (including phenoxy) is 1. The molecule has 2 aromatic rings. The standard InChI is InChI=1S/C15H10ClFO4/c1-8-2-5-12(17)11(6-8)15(20)21-13-7-9(16)3-4-10(13)14(18)19/h2-7H,1H3,(H,18,19). The van der Waals surface area contributed by atoms with E-state index in [0.717, 1.165) is 6.07 Å². The molecule has 0 radical (unpaired) electrons. The highest BCUT2D eigenvalue weighted by Gasteiger charge is 2.19. The summed E-state index contributed by atoms with van der Waals surface area (Å²) in [4.78, 5) is 23.0. The number of carbonyl (C=O) groups excluding carboxylic acids is 1. The summed E-state index contributed by atoms with van der Waals surface area (Å²) in [5.41, 5.74) is 0.167. The van der Waals surface area contributed by atoms with Gasteiger partial charge in [-0.25, -0.2) is 14.0 Å². The molecule has 2 rings (SSSR count). The van der Waals surface area contributed by atoms with E-state index in [-0.39, 0.29) is 21.9 Å². The average Bonchev–Trinajstić information content (AvgIpc) is 2.41. The van der Waals surface area contributed by atoms with Gasteiger partial charge in [0.25, 0.3) is 0 Å². The van der Waals surface area contributed by atoms with Gasteiger partial charge >= 0.3 is 11.9 Å². The first-order valence-electron chi connectivity index (χ1n) is 5.89. The zero-order chi connectivity index (χ0) is 15.6. The zero-order valence-corrected chi connectivity index (χ0v) is 11.6. The summed E-state index contributed by atoms with van der Waals surface area (Å²) < 4.78 is 18.6. The largest absolute Gasteiger partial charge is 0.478 e.